The van der Waals surface area contributed by atoms with Crippen LogP contribution in [-0.2, 0) is 0 Å². The second-order valence-corrected chi connectivity index (χ2v) is 4.26. The van der Waals surface area contributed by atoms with E-state index in [0.29, 0.717) is 5.92 Å². The van der Waals surface area contributed by atoms with Gasteiger partial charge >= 0.3 is 0 Å². The van der Waals surface area contributed by atoms with Crippen LogP contribution < -0.4 is 0 Å². The highest BCUT2D eigenvalue weighted by Crippen LogP contribution is 2.34. The van der Waals surface area contributed by atoms with Crippen molar-refractivity contribution in [3.05, 3.63) is 53.8 Å². The van der Waals surface area contributed by atoms with Crippen LogP contribution in [0.1, 0.15) is 32.1 Å². The average molecular weight is 198 g/mol. The minimum Gasteiger partial charge on any atom is -0.124 e. The van der Waals surface area contributed by atoms with Crippen LogP contribution in [0.25, 0.3) is 0 Å². The summed E-state index contributed by atoms with van der Waals surface area (Å²) in [5.41, 5.74) is 5.79. The van der Waals surface area contributed by atoms with Crippen LogP contribution in [0.2, 0.25) is 0 Å². The number of hydrogen-bond donors (Lipinski definition) is 0. The predicted octanol–water partition coefficient (Wildman–Crippen LogP) is 4.33. The molecule has 2 rings (SSSR count). The molecule has 78 valence electrons. The summed E-state index contributed by atoms with van der Waals surface area (Å²) in [6.45, 7) is 3.85. The van der Waals surface area contributed by atoms with Crippen LogP contribution >= 0.6 is 0 Å². The molecule has 0 bridgehead atoms. The van der Waals surface area contributed by atoms with Crippen LogP contribution in [-0.4, -0.2) is 0 Å². The summed E-state index contributed by atoms with van der Waals surface area (Å²) in [6.07, 6.45) is 17.3. The molecule has 0 aromatic rings. The molecule has 1 fully saturated rings. The van der Waals surface area contributed by atoms with Crippen molar-refractivity contribution in [3.8, 4) is 0 Å². The molecular weight excluding hydrogens is 180 g/mol. The lowest BCUT2D eigenvalue weighted by Gasteiger charge is -2.12. The van der Waals surface area contributed by atoms with Gasteiger partial charge in [-0.3, -0.25) is 0 Å². The Bertz CT molecular complexity index is 353. The van der Waals surface area contributed by atoms with E-state index in [1.807, 2.05) is 0 Å². The van der Waals surface area contributed by atoms with Crippen LogP contribution in [0.5, 0.6) is 0 Å². The zero-order valence-electron chi connectivity index (χ0n) is 9.21. The van der Waals surface area contributed by atoms with E-state index < -0.39 is 0 Å². The topological polar surface area (TPSA) is 0 Å². The smallest absolute Gasteiger partial charge is 0.00367 e. The molecule has 2 aliphatic carbocycles. The Hall–Kier alpha value is -1.26. The van der Waals surface area contributed by atoms with Gasteiger partial charge in [-0.2, -0.15) is 0 Å². The molecule has 0 atom stereocenters. The third kappa shape index (κ3) is 2.40. The lowest BCUT2D eigenvalue weighted by molar-refractivity contribution is 0.653. The van der Waals surface area contributed by atoms with Crippen LogP contribution in [0, 0.1) is 5.92 Å². The van der Waals surface area contributed by atoms with Gasteiger partial charge < -0.3 is 0 Å². The summed E-state index contributed by atoms with van der Waals surface area (Å²) in [5, 5.41) is 0. The van der Waals surface area contributed by atoms with Gasteiger partial charge in [-0.25, -0.2) is 0 Å². The number of hydrogen-bond acceptors (Lipinski definition) is 0. The van der Waals surface area contributed by atoms with Gasteiger partial charge in [0.15, 0.2) is 0 Å². The zero-order chi connectivity index (χ0) is 10.5. The molecule has 1 saturated carbocycles. The molecule has 0 aliphatic heterocycles. The van der Waals surface area contributed by atoms with Crippen LogP contribution in [0.15, 0.2) is 53.8 Å². The summed E-state index contributed by atoms with van der Waals surface area (Å²) in [4.78, 5) is 0. The molecule has 0 heteroatoms. The molecule has 0 heterocycles. The van der Waals surface area contributed by atoms with Gasteiger partial charge in [-0.1, -0.05) is 49.8 Å². The van der Waals surface area contributed by atoms with E-state index in [1.54, 1.807) is 0 Å². The summed E-state index contributed by atoms with van der Waals surface area (Å²) in [5.74, 6) is 0.699. The van der Waals surface area contributed by atoms with E-state index in [-0.39, 0.29) is 0 Å². The molecule has 0 spiro atoms. The van der Waals surface area contributed by atoms with Crippen LogP contribution in [0.4, 0.5) is 0 Å². The fourth-order valence-corrected chi connectivity index (χ4v) is 2.46. The summed E-state index contributed by atoms with van der Waals surface area (Å²) >= 11 is 0. The van der Waals surface area contributed by atoms with Gasteiger partial charge in [-0.05, 0) is 30.8 Å². The molecule has 15 heavy (non-hydrogen) atoms. The van der Waals surface area contributed by atoms with Crippen molar-refractivity contribution in [2.45, 2.75) is 32.1 Å². The molecule has 0 saturated heterocycles. The molecule has 0 N–H and O–H groups in total. The second-order valence-electron chi connectivity index (χ2n) is 4.26. The van der Waals surface area contributed by atoms with Crippen LogP contribution in [0.3, 0.4) is 0 Å². The first-order valence-electron chi connectivity index (χ1n) is 5.85. The Labute approximate surface area is 92.4 Å². The monoisotopic (exact) mass is 198 g/mol. The Balaban J connectivity index is 2.22. The van der Waals surface area contributed by atoms with Gasteiger partial charge in [0.2, 0.25) is 0 Å². The molecular formula is C15H18. The van der Waals surface area contributed by atoms with E-state index in [4.69, 9.17) is 0 Å². The van der Waals surface area contributed by atoms with E-state index in [2.05, 4.69) is 42.7 Å². The maximum atomic E-state index is 3.85. The number of allylic oxidation sites excluding steroid dienone is 7. The fourth-order valence-electron chi connectivity index (χ4n) is 2.46. The Morgan fingerprint density at radius 3 is 2.80 bits per heavy atom. The highest BCUT2D eigenvalue weighted by Gasteiger charge is 2.20. The van der Waals surface area contributed by atoms with Gasteiger partial charge in [-0.15, -0.1) is 5.73 Å². The van der Waals surface area contributed by atoms with Gasteiger partial charge in [0.1, 0.15) is 0 Å². The van der Waals surface area contributed by atoms with Crippen molar-refractivity contribution in [2.24, 2.45) is 5.92 Å². The first kappa shape index (κ1) is 10.3. The predicted molar refractivity (Wildman–Crippen MR) is 65.6 cm³/mol. The van der Waals surface area contributed by atoms with E-state index in [1.165, 1.54) is 36.8 Å². The fraction of sp³-hybridized carbons (Fsp3) is 0.400. The first-order valence-corrected chi connectivity index (χ1v) is 5.85. The largest absolute Gasteiger partial charge is 0.124 e. The van der Waals surface area contributed by atoms with E-state index >= 15 is 0 Å². The molecule has 0 amide bonds. The van der Waals surface area contributed by atoms with Crippen molar-refractivity contribution >= 4 is 0 Å². The summed E-state index contributed by atoms with van der Waals surface area (Å²) < 4.78 is 0. The third-order valence-corrected chi connectivity index (χ3v) is 3.25. The van der Waals surface area contributed by atoms with Gasteiger partial charge in [0.25, 0.3) is 0 Å². The lowest BCUT2D eigenvalue weighted by atomic mass is 9.91. The molecule has 0 unspecified atom stereocenters. The molecule has 2 aliphatic rings. The quantitative estimate of drug-likeness (QED) is 0.579. The van der Waals surface area contributed by atoms with Crippen molar-refractivity contribution in [1.29, 1.82) is 0 Å². The van der Waals surface area contributed by atoms with Gasteiger partial charge in [0, 0.05) is 5.57 Å². The molecule has 0 aromatic heterocycles. The molecule has 0 radical (unpaired) electrons. The normalized spacial score (nSPS) is 20.9. The zero-order valence-corrected chi connectivity index (χ0v) is 9.21. The Morgan fingerprint density at radius 2 is 2.07 bits per heavy atom. The maximum absolute atomic E-state index is 3.85. The molecule has 0 aromatic carbocycles. The van der Waals surface area contributed by atoms with Crippen molar-refractivity contribution in [3.63, 3.8) is 0 Å². The Morgan fingerprint density at radius 1 is 1.27 bits per heavy atom. The minimum atomic E-state index is 0.699. The minimum absolute atomic E-state index is 0.699. The standard InChI is InChI=1S/C15H18/c1-2-15(14-11-7-8-12-14)13-9-5-3-4-6-10-13/h3,5-6,9-10,14H,1,4,7-8,11-12H2. The summed E-state index contributed by atoms with van der Waals surface area (Å²) in [6, 6.07) is 0. The third-order valence-electron chi connectivity index (χ3n) is 3.25. The highest BCUT2D eigenvalue weighted by atomic mass is 14.2. The van der Waals surface area contributed by atoms with E-state index in [0.717, 1.165) is 6.42 Å². The number of rotatable bonds is 2. The first-order chi connectivity index (χ1) is 7.42. The summed E-state index contributed by atoms with van der Waals surface area (Å²) in [7, 11) is 0. The molecule has 0 nitrogen and oxygen atoms in total. The van der Waals surface area contributed by atoms with Gasteiger partial charge in [0.05, 0.1) is 0 Å². The maximum Gasteiger partial charge on any atom is 0.00367 e. The van der Waals surface area contributed by atoms with Crippen molar-refractivity contribution < 1.29 is 0 Å². The van der Waals surface area contributed by atoms with Crippen molar-refractivity contribution in [1.82, 2.24) is 0 Å². The highest BCUT2D eigenvalue weighted by molar-refractivity contribution is 5.44. The lowest BCUT2D eigenvalue weighted by Crippen LogP contribution is -1.99. The average Bonchev–Trinajstić information content (AvgIpc) is 2.63. The second kappa shape index (κ2) is 5.00. The Kier molecular flexibility index (Phi) is 3.42. The van der Waals surface area contributed by atoms with Crippen molar-refractivity contribution in [2.75, 3.05) is 0 Å². The van der Waals surface area contributed by atoms with E-state index in [9.17, 15) is 0 Å². The SMILES string of the molecule is C=C=C(C1=CC=CCC=C1)C1CCCC1.